The summed E-state index contributed by atoms with van der Waals surface area (Å²) in [4.78, 5) is 25.5. The lowest BCUT2D eigenvalue weighted by Gasteiger charge is -2.33. The quantitative estimate of drug-likeness (QED) is 0.753. The van der Waals surface area contributed by atoms with E-state index in [0.29, 0.717) is 38.9 Å². The van der Waals surface area contributed by atoms with Crippen molar-refractivity contribution in [3.05, 3.63) is 0 Å². The molecule has 0 aromatic carbocycles. The Labute approximate surface area is 125 Å². The molecule has 2 saturated heterocycles. The van der Waals surface area contributed by atoms with E-state index in [1.165, 1.54) is 10.6 Å². The van der Waals surface area contributed by atoms with Gasteiger partial charge < -0.3 is 10.2 Å². The first kappa shape index (κ1) is 16.2. The van der Waals surface area contributed by atoms with Gasteiger partial charge in [0.15, 0.2) is 0 Å². The van der Waals surface area contributed by atoms with Crippen molar-refractivity contribution < 1.29 is 18.0 Å². The van der Waals surface area contributed by atoms with Gasteiger partial charge in [0.1, 0.15) is 0 Å². The van der Waals surface area contributed by atoms with Crippen molar-refractivity contribution in [2.75, 3.05) is 32.9 Å². The van der Waals surface area contributed by atoms with Crippen molar-refractivity contribution in [1.82, 2.24) is 14.5 Å². The van der Waals surface area contributed by atoms with Crippen molar-refractivity contribution >= 4 is 21.8 Å². The first-order chi connectivity index (χ1) is 9.77. The Bertz CT molecular complexity index is 512. The summed E-state index contributed by atoms with van der Waals surface area (Å²) in [5, 5.41) is 2.96. The van der Waals surface area contributed by atoms with E-state index in [2.05, 4.69) is 5.32 Å². The molecule has 0 aliphatic carbocycles. The molecular formula is C13H23N3O4S. The van der Waals surface area contributed by atoms with Gasteiger partial charge in [-0.2, -0.15) is 0 Å². The summed E-state index contributed by atoms with van der Waals surface area (Å²) >= 11 is 0. The van der Waals surface area contributed by atoms with Crippen molar-refractivity contribution in [1.29, 1.82) is 0 Å². The molecule has 2 amide bonds. The summed E-state index contributed by atoms with van der Waals surface area (Å²) in [5.41, 5.74) is 0. The molecule has 2 heterocycles. The van der Waals surface area contributed by atoms with Crippen LogP contribution in [0.1, 0.15) is 25.7 Å². The first-order valence-corrected chi connectivity index (χ1v) is 9.11. The standard InChI is InChI=1S/C13H23N3O4S/c1-15-6-3-10(9-12(15)17)13(18)14-11-4-7-16(8-5-11)21(2,19)20/h10-11H,3-9H2,1-2H3,(H,14,18). The zero-order valence-corrected chi connectivity index (χ0v) is 13.4. The molecule has 2 rings (SSSR count). The summed E-state index contributed by atoms with van der Waals surface area (Å²) in [7, 11) is -1.39. The number of rotatable bonds is 3. The van der Waals surface area contributed by atoms with Crippen LogP contribution in [0.3, 0.4) is 0 Å². The monoisotopic (exact) mass is 317 g/mol. The summed E-state index contributed by atoms with van der Waals surface area (Å²) in [6.07, 6.45) is 3.41. The van der Waals surface area contributed by atoms with Gasteiger partial charge in [-0.05, 0) is 19.3 Å². The molecule has 1 unspecified atom stereocenters. The fourth-order valence-electron chi connectivity index (χ4n) is 2.82. The van der Waals surface area contributed by atoms with Crippen LogP contribution in [0, 0.1) is 5.92 Å². The maximum absolute atomic E-state index is 12.2. The van der Waals surface area contributed by atoms with E-state index < -0.39 is 10.0 Å². The Balaban J connectivity index is 1.81. The van der Waals surface area contributed by atoms with E-state index >= 15 is 0 Å². The molecule has 2 aliphatic rings. The van der Waals surface area contributed by atoms with Gasteiger partial charge in [-0.1, -0.05) is 0 Å². The van der Waals surface area contributed by atoms with Gasteiger partial charge in [0, 0.05) is 45.1 Å². The summed E-state index contributed by atoms with van der Waals surface area (Å²) in [6.45, 7) is 1.50. The predicted molar refractivity (Wildman–Crippen MR) is 77.9 cm³/mol. The Kier molecular flexibility index (Phi) is 4.88. The molecule has 1 atom stereocenters. The molecule has 0 bridgehead atoms. The summed E-state index contributed by atoms with van der Waals surface area (Å²) in [5.74, 6) is -0.316. The van der Waals surface area contributed by atoms with Crippen molar-refractivity contribution in [3.63, 3.8) is 0 Å². The SMILES string of the molecule is CN1CCC(C(=O)NC2CCN(S(C)(=O)=O)CC2)CC1=O. The number of hydrogen-bond donors (Lipinski definition) is 1. The molecule has 2 aliphatic heterocycles. The van der Waals surface area contributed by atoms with Gasteiger partial charge in [-0.15, -0.1) is 0 Å². The normalized spacial score (nSPS) is 25.9. The molecule has 0 aromatic rings. The zero-order chi connectivity index (χ0) is 15.6. The van der Waals surface area contributed by atoms with Crippen LogP contribution in [0.2, 0.25) is 0 Å². The smallest absolute Gasteiger partial charge is 0.223 e. The van der Waals surface area contributed by atoms with Crippen LogP contribution in [0.4, 0.5) is 0 Å². The minimum atomic E-state index is -3.14. The van der Waals surface area contributed by atoms with Crippen molar-refractivity contribution in [2.45, 2.75) is 31.7 Å². The second-order valence-corrected chi connectivity index (χ2v) is 7.93. The minimum absolute atomic E-state index is 0.00487. The maximum Gasteiger partial charge on any atom is 0.223 e. The summed E-state index contributed by atoms with van der Waals surface area (Å²) in [6, 6.07) is 0.00487. The number of carbonyl (C=O) groups excluding carboxylic acids is 2. The lowest BCUT2D eigenvalue weighted by Crippen LogP contribution is -2.49. The Morgan fingerprint density at radius 2 is 1.81 bits per heavy atom. The third-order valence-corrected chi connectivity index (χ3v) is 5.60. The Morgan fingerprint density at radius 3 is 2.33 bits per heavy atom. The highest BCUT2D eigenvalue weighted by Crippen LogP contribution is 2.19. The molecule has 7 nitrogen and oxygen atoms in total. The van der Waals surface area contributed by atoms with E-state index in [1.54, 1.807) is 11.9 Å². The van der Waals surface area contributed by atoms with E-state index in [-0.39, 0.29) is 30.2 Å². The zero-order valence-electron chi connectivity index (χ0n) is 12.5. The van der Waals surface area contributed by atoms with Crippen molar-refractivity contribution in [2.24, 2.45) is 5.92 Å². The molecule has 1 N–H and O–H groups in total. The number of nitrogens with one attached hydrogen (secondary N) is 1. The van der Waals surface area contributed by atoms with Crippen LogP contribution >= 0.6 is 0 Å². The van der Waals surface area contributed by atoms with Crippen LogP contribution in [0.15, 0.2) is 0 Å². The Hall–Kier alpha value is -1.15. The van der Waals surface area contributed by atoms with Crippen molar-refractivity contribution in [3.8, 4) is 0 Å². The van der Waals surface area contributed by atoms with E-state index in [9.17, 15) is 18.0 Å². The number of nitrogens with zero attached hydrogens (tertiary/aromatic N) is 2. The lowest BCUT2D eigenvalue weighted by molar-refractivity contribution is -0.139. The largest absolute Gasteiger partial charge is 0.353 e. The van der Waals surface area contributed by atoms with Crippen LogP contribution < -0.4 is 5.32 Å². The molecular weight excluding hydrogens is 294 g/mol. The Morgan fingerprint density at radius 1 is 1.19 bits per heavy atom. The fourth-order valence-corrected chi connectivity index (χ4v) is 3.69. The number of piperidine rings is 2. The number of amides is 2. The molecule has 0 aromatic heterocycles. The van der Waals surface area contributed by atoms with Crippen LogP contribution in [-0.4, -0.2) is 68.4 Å². The molecule has 21 heavy (non-hydrogen) atoms. The predicted octanol–water partition coefficient (Wildman–Crippen LogP) is -0.605. The lowest BCUT2D eigenvalue weighted by atomic mass is 9.94. The average molecular weight is 317 g/mol. The molecule has 8 heteroatoms. The highest BCUT2D eigenvalue weighted by atomic mass is 32.2. The van der Waals surface area contributed by atoms with E-state index in [0.717, 1.165) is 0 Å². The van der Waals surface area contributed by atoms with Gasteiger partial charge in [-0.25, -0.2) is 12.7 Å². The second kappa shape index (κ2) is 6.31. The number of carbonyl (C=O) groups is 2. The highest BCUT2D eigenvalue weighted by Gasteiger charge is 2.31. The van der Waals surface area contributed by atoms with Crippen LogP contribution in [-0.2, 0) is 19.6 Å². The van der Waals surface area contributed by atoms with E-state index in [1.807, 2.05) is 0 Å². The number of likely N-dealkylation sites (tertiary alicyclic amines) is 1. The average Bonchev–Trinajstić information content (AvgIpc) is 2.41. The molecule has 0 radical (unpaired) electrons. The highest BCUT2D eigenvalue weighted by molar-refractivity contribution is 7.88. The molecule has 2 fully saturated rings. The third kappa shape index (κ3) is 4.16. The van der Waals surface area contributed by atoms with Crippen LogP contribution in [0.5, 0.6) is 0 Å². The van der Waals surface area contributed by atoms with Crippen LogP contribution in [0.25, 0.3) is 0 Å². The number of sulfonamides is 1. The topological polar surface area (TPSA) is 86.8 Å². The molecule has 0 saturated carbocycles. The fraction of sp³-hybridized carbons (Fsp3) is 0.846. The van der Waals surface area contributed by atoms with Gasteiger partial charge in [-0.3, -0.25) is 9.59 Å². The summed E-state index contributed by atoms with van der Waals surface area (Å²) < 4.78 is 24.3. The maximum atomic E-state index is 12.2. The van der Waals surface area contributed by atoms with Gasteiger partial charge in [0.25, 0.3) is 0 Å². The van der Waals surface area contributed by atoms with E-state index in [4.69, 9.17) is 0 Å². The van der Waals surface area contributed by atoms with Gasteiger partial charge in [0.2, 0.25) is 21.8 Å². The third-order valence-electron chi connectivity index (χ3n) is 4.30. The minimum Gasteiger partial charge on any atom is -0.353 e. The first-order valence-electron chi connectivity index (χ1n) is 7.27. The molecule has 0 spiro atoms. The second-order valence-electron chi connectivity index (χ2n) is 5.95. The van der Waals surface area contributed by atoms with Gasteiger partial charge in [0.05, 0.1) is 6.26 Å². The number of hydrogen-bond acceptors (Lipinski definition) is 4. The molecule has 120 valence electrons. The van der Waals surface area contributed by atoms with Gasteiger partial charge >= 0.3 is 0 Å².